The third-order valence-corrected chi connectivity index (χ3v) is 1.26. The maximum atomic E-state index is 5.54. The van der Waals surface area contributed by atoms with E-state index < -0.39 is 0 Å². The van der Waals surface area contributed by atoms with Crippen molar-refractivity contribution in [3.8, 4) is 0 Å². The van der Waals surface area contributed by atoms with Crippen molar-refractivity contribution in [3.63, 3.8) is 0 Å². The van der Waals surface area contributed by atoms with Crippen molar-refractivity contribution in [2.24, 2.45) is 10.7 Å². The molecule has 44 valence electrons. The van der Waals surface area contributed by atoms with Crippen molar-refractivity contribution < 1.29 is 0 Å². The lowest BCUT2D eigenvalue weighted by atomic mass is 10.3. The van der Waals surface area contributed by atoms with E-state index in [4.69, 9.17) is 5.73 Å². The predicted octanol–water partition coefficient (Wildman–Crippen LogP) is 1.04. The molecule has 0 aromatic carbocycles. The summed E-state index contributed by atoms with van der Waals surface area (Å²) in [4.78, 5) is 4.06. The van der Waals surface area contributed by atoms with Crippen molar-refractivity contribution in [1.82, 2.24) is 0 Å². The number of rotatable bonds is 1. The molecule has 2 N–H and O–H groups in total. The summed E-state index contributed by atoms with van der Waals surface area (Å²) in [6, 6.07) is 0. The summed E-state index contributed by atoms with van der Waals surface area (Å²) < 4.78 is 0. The summed E-state index contributed by atoms with van der Waals surface area (Å²) in [5.74, 6) is 0. The molecule has 0 aromatic heterocycles. The van der Waals surface area contributed by atoms with Gasteiger partial charge in [0.25, 0.3) is 0 Å². The van der Waals surface area contributed by atoms with E-state index in [0.717, 1.165) is 24.2 Å². The summed E-state index contributed by atoms with van der Waals surface area (Å²) in [5.41, 5.74) is 7.54. The molecule has 0 atom stereocenters. The van der Waals surface area contributed by atoms with Gasteiger partial charge in [0.05, 0.1) is 5.70 Å². The quantitative estimate of drug-likeness (QED) is 0.538. The van der Waals surface area contributed by atoms with Crippen molar-refractivity contribution in [2.45, 2.75) is 19.8 Å². The fraction of sp³-hybridized carbons (Fsp3) is 0.500. The average Bonchev–Trinajstić information content (AvgIpc) is 2.14. The van der Waals surface area contributed by atoms with Gasteiger partial charge in [-0.25, -0.2) is 0 Å². The van der Waals surface area contributed by atoms with Crippen LogP contribution in [0.2, 0.25) is 0 Å². The van der Waals surface area contributed by atoms with Crippen LogP contribution < -0.4 is 5.73 Å². The molecule has 0 fully saturated rings. The highest BCUT2D eigenvalue weighted by molar-refractivity contribution is 5.66. The fourth-order valence-electron chi connectivity index (χ4n) is 0.773. The van der Waals surface area contributed by atoms with Gasteiger partial charge in [-0.1, -0.05) is 6.92 Å². The number of aliphatic imine (C=N–C) groups is 1. The molecule has 0 aliphatic carbocycles. The van der Waals surface area contributed by atoms with Gasteiger partial charge in [0.1, 0.15) is 0 Å². The lowest BCUT2D eigenvalue weighted by Gasteiger charge is -1.92. The molecule has 1 rings (SSSR count). The smallest absolute Gasteiger partial charge is 0.0587 e. The van der Waals surface area contributed by atoms with Gasteiger partial charge >= 0.3 is 0 Å². The largest absolute Gasteiger partial charge is 0.400 e. The first-order valence-corrected chi connectivity index (χ1v) is 2.84. The minimum Gasteiger partial charge on any atom is -0.400 e. The maximum Gasteiger partial charge on any atom is 0.0587 e. The van der Waals surface area contributed by atoms with E-state index >= 15 is 0 Å². The van der Waals surface area contributed by atoms with Crippen LogP contribution in [0.15, 0.2) is 16.4 Å². The summed E-state index contributed by atoms with van der Waals surface area (Å²) in [7, 11) is 0. The second kappa shape index (κ2) is 1.99. The summed E-state index contributed by atoms with van der Waals surface area (Å²) in [5, 5.41) is 0. The maximum absolute atomic E-state index is 5.54. The number of allylic oxidation sites excluding steroid dienone is 2. The zero-order chi connectivity index (χ0) is 5.98. The Hall–Kier alpha value is -0.790. The van der Waals surface area contributed by atoms with Crippen LogP contribution in [0.1, 0.15) is 19.8 Å². The molecule has 0 bridgehead atoms. The van der Waals surface area contributed by atoms with Gasteiger partial charge in [0, 0.05) is 18.3 Å². The molecule has 1 aliphatic heterocycles. The number of hydrogen-bond acceptors (Lipinski definition) is 2. The highest BCUT2D eigenvalue weighted by atomic mass is 14.8. The molecule has 0 aromatic rings. The highest BCUT2D eigenvalue weighted by Gasteiger charge is 2.02. The van der Waals surface area contributed by atoms with E-state index in [9.17, 15) is 0 Å². The Morgan fingerprint density at radius 3 is 2.88 bits per heavy atom. The van der Waals surface area contributed by atoms with Gasteiger partial charge in [-0.2, -0.15) is 0 Å². The van der Waals surface area contributed by atoms with Crippen LogP contribution in [0.5, 0.6) is 0 Å². The first-order chi connectivity index (χ1) is 3.84. The van der Waals surface area contributed by atoms with E-state index in [2.05, 4.69) is 11.9 Å². The Morgan fingerprint density at radius 1 is 1.88 bits per heavy atom. The van der Waals surface area contributed by atoms with Gasteiger partial charge < -0.3 is 5.73 Å². The van der Waals surface area contributed by atoms with E-state index in [1.54, 1.807) is 0 Å². The molecule has 1 aliphatic rings. The molecule has 0 amide bonds. The number of hydrogen-bond donors (Lipinski definition) is 1. The molecule has 0 spiro atoms. The van der Waals surface area contributed by atoms with Crippen LogP contribution >= 0.6 is 0 Å². The summed E-state index contributed by atoms with van der Waals surface area (Å²) >= 11 is 0. The van der Waals surface area contributed by atoms with E-state index in [1.807, 2.05) is 6.21 Å². The fourth-order valence-corrected chi connectivity index (χ4v) is 0.773. The molecule has 0 unspecified atom stereocenters. The molecule has 0 saturated carbocycles. The topological polar surface area (TPSA) is 38.4 Å². The Labute approximate surface area is 49.1 Å². The molecule has 0 saturated heterocycles. The number of nitrogens with zero attached hydrogens (tertiary/aromatic N) is 1. The molecule has 0 radical (unpaired) electrons. The lowest BCUT2D eigenvalue weighted by Crippen LogP contribution is -1.95. The molecular formula is C6H10N2. The van der Waals surface area contributed by atoms with Crippen LogP contribution in [-0.4, -0.2) is 6.21 Å². The first-order valence-electron chi connectivity index (χ1n) is 2.84. The SMILES string of the molecule is CCC1=C(N)CC=N1. The van der Waals surface area contributed by atoms with Gasteiger partial charge in [-0.15, -0.1) is 0 Å². The standard InChI is InChI=1S/C6H10N2/c1-2-6-5(7)3-4-8-6/h4H,2-3,7H2,1H3. The van der Waals surface area contributed by atoms with Gasteiger partial charge in [0.2, 0.25) is 0 Å². The molecule has 1 heterocycles. The lowest BCUT2D eigenvalue weighted by molar-refractivity contribution is 1.03. The van der Waals surface area contributed by atoms with Gasteiger partial charge in [0.15, 0.2) is 0 Å². The second-order valence-electron chi connectivity index (χ2n) is 1.84. The Balaban J connectivity index is 2.70. The Kier molecular flexibility index (Phi) is 1.33. The summed E-state index contributed by atoms with van der Waals surface area (Å²) in [6.07, 6.45) is 3.67. The normalized spacial score (nSPS) is 18.1. The first kappa shape index (κ1) is 5.35. The summed E-state index contributed by atoms with van der Waals surface area (Å²) in [6.45, 7) is 2.06. The average molecular weight is 110 g/mol. The third-order valence-electron chi connectivity index (χ3n) is 1.26. The molecular weight excluding hydrogens is 100 g/mol. The minimum absolute atomic E-state index is 0.850. The monoisotopic (exact) mass is 110 g/mol. The van der Waals surface area contributed by atoms with E-state index in [1.165, 1.54) is 0 Å². The minimum atomic E-state index is 0.850. The predicted molar refractivity (Wildman–Crippen MR) is 34.6 cm³/mol. The van der Waals surface area contributed by atoms with E-state index in [0.29, 0.717) is 0 Å². The van der Waals surface area contributed by atoms with Crippen LogP contribution in [0.3, 0.4) is 0 Å². The van der Waals surface area contributed by atoms with Crippen LogP contribution in [0, 0.1) is 0 Å². The van der Waals surface area contributed by atoms with Crippen LogP contribution in [-0.2, 0) is 0 Å². The van der Waals surface area contributed by atoms with Crippen molar-refractivity contribution >= 4 is 6.21 Å². The Bertz CT molecular complexity index is 145. The molecule has 2 heteroatoms. The zero-order valence-electron chi connectivity index (χ0n) is 5.02. The highest BCUT2D eigenvalue weighted by Crippen LogP contribution is 2.12. The Morgan fingerprint density at radius 2 is 2.62 bits per heavy atom. The molecule has 8 heavy (non-hydrogen) atoms. The zero-order valence-corrected chi connectivity index (χ0v) is 5.02. The van der Waals surface area contributed by atoms with Crippen molar-refractivity contribution in [3.05, 3.63) is 11.4 Å². The van der Waals surface area contributed by atoms with Crippen molar-refractivity contribution in [2.75, 3.05) is 0 Å². The third kappa shape index (κ3) is 0.735. The van der Waals surface area contributed by atoms with Gasteiger partial charge in [-0.05, 0) is 6.42 Å². The second-order valence-corrected chi connectivity index (χ2v) is 1.84. The van der Waals surface area contributed by atoms with E-state index in [-0.39, 0.29) is 0 Å². The van der Waals surface area contributed by atoms with Crippen LogP contribution in [0.4, 0.5) is 0 Å². The molecule has 2 nitrogen and oxygen atoms in total. The van der Waals surface area contributed by atoms with Gasteiger partial charge in [-0.3, -0.25) is 4.99 Å². The van der Waals surface area contributed by atoms with Crippen molar-refractivity contribution in [1.29, 1.82) is 0 Å². The number of nitrogens with two attached hydrogens (primary N) is 1. The van der Waals surface area contributed by atoms with Crippen LogP contribution in [0.25, 0.3) is 0 Å².